The normalized spacial score (nSPS) is 16.0. The number of aryl methyl sites for hydroxylation is 1. The Hall–Kier alpha value is -2.73. The number of hydrogen-bond donors (Lipinski definition) is 1. The summed E-state index contributed by atoms with van der Waals surface area (Å²) < 4.78 is 1.62. The Morgan fingerprint density at radius 1 is 1.23 bits per heavy atom. The summed E-state index contributed by atoms with van der Waals surface area (Å²) in [7, 11) is 0. The zero-order valence-electron chi connectivity index (χ0n) is 14.9. The summed E-state index contributed by atoms with van der Waals surface area (Å²) in [5.74, 6) is -0.130. The summed E-state index contributed by atoms with van der Waals surface area (Å²) in [6.07, 6.45) is 7.47. The first kappa shape index (κ1) is 16.7. The van der Waals surface area contributed by atoms with Crippen LogP contribution < -0.4 is 5.32 Å². The van der Waals surface area contributed by atoms with E-state index < -0.39 is 0 Å². The molecule has 0 bridgehead atoms. The maximum absolute atomic E-state index is 12.7. The van der Waals surface area contributed by atoms with E-state index in [1.807, 2.05) is 0 Å². The molecular formula is C20H23N5O. The molecule has 0 unspecified atom stereocenters. The van der Waals surface area contributed by atoms with Crippen LogP contribution in [0.4, 0.5) is 0 Å². The summed E-state index contributed by atoms with van der Waals surface area (Å²) in [6.45, 7) is 4.82. The molecule has 1 amide bonds. The number of carbonyl (C=O) groups excluding carboxylic acids is 1. The number of carbonyl (C=O) groups is 1. The molecule has 1 saturated heterocycles. The van der Waals surface area contributed by atoms with Crippen molar-refractivity contribution >= 4 is 11.6 Å². The third kappa shape index (κ3) is 3.32. The van der Waals surface area contributed by atoms with E-state index in [1.165, 1.54) is 24.0 Å². The third-order valence-electron chi connectivity index (χ3n) is 5.02. The average Bonchev–Trinajstić information content (AvgIpc) is 3.33. The Bertz CT molecular complexity index is 896. The fourth-order valence-corrected chi connectivity index (χ4v) is 3.57. The van der Waals surface area contributed by atoms with Gasteiger partial charge in [0.2, 0.25) is 0 Å². The zero-order valence-corrected chi connectivity index (χ0v) is 14.9. The minimum Gasteiger partial charge on any atom is -0.350 e. The lowest BCUT2D eigenvalue weighted by Crippen LogP contribution is -2.36. The van der Waals surface area contributed by atoms with Gasteiger partial charge < -0.3 is 5.32 Å². The van der Waals surface area contributed by atoms with Crippen LogP contribution in [0, 0.1) is 6.92 Å². The lowest BCUT2D eigenvalue weighted by atomic mass is 10.0. The van der Waals surface area contributed by atoms with Crippen LogP contribution in [0.15, 0.2) is 48.9 Å². The maximum Gasteiger partial charge on any atom is 0.256 e. The van der Waals surface area contributed by atoms with Crippen molar-refractivity contribution in [3.05, 3.63) is 65.6 Å². The molecule has 1 fully saturated rings. The third-order valence-corrected chi connectivity index (χ3v) is 5.02. The summed E-state index contributed by atoms with van der Waals surface area (Å²) in [5.41, 5.74) is 3.58. The van der Waals surface area contributed by atoms with Crippen molar-refractivity contribution < 1.29 is 4.79 Å². The quantitative estimate of drug-likeness (QED) is 0.769. The second-order valence-electron chi connectivity index (χ2n) is 6.83. The minimum atomic E-state index is -0.130. The highest BCUT2D eigenvalue weighted by Gasteiger charge is 2.24. The Morgan fingerprint density at radius 3 is 2.77 bits per heavy atom. The summed E-state index contributed by atoms with van der Waals surface area (Å²) in [6, 6.07) is 10.6. The van der Waals surface area contributed by atoms with E-state index in [0.29, 0.717) is 17.8 Å². The summed E-state index contributed by atoms with van der Waals surface area (Å²) >= 11 is 0. The van der Waals surface area contributed by atoms with Gasteiger partial charge in [0.25, 0.3) is 5.91 Å². The van der Waals surface area contributed by atoms with Gasteiger partial charge in [-0.15, -0.1) is 0 Å². The van der Waals surface area contributed by atoms with Crippen molar-refractivity contribution in [2.24, 2.45) is 0 Å². The molecule has 1 aliphatic rings. The predicted molar refractivity (Wildman–Crippen MR) is 100 cm³/mol. The molecule has 0 saturated carbocycles. The summed E-state index contributed by atoms with van der Waals surface area (Å²) in [5, 5.41) is 7.29. The highest BCUT2D eigenvalue weighted by Crippen LogP contribution is 2.25. The van der Waals surface area contributed by atoms with Crippen LogP contribution in [0.3, 0.4) is 0 Å². The highest BCUT2D eigenvalue weighted by atomic mass is 16.1. The second kappa shape index (κ2) is 7.25. The monoisotopic (exact) mass is 349 g/mol. The van der Waals surface area contributed by atoms with Gasteiger partial charge in [-0.25, -0.2) is 9.50 Å². The molecule has 6 nitrogen and oxygen atoms in total. The van der Waals surface area contributed by atoms with Gasteiger partial charge in [0.05, 0.1) is 12.2 Å². The molecule has 1 N–H and O–H groups in total. The standard InChI is InChI=1S/C20H23N5O/c1-15-5-7-16(8-6-15)18(24-10-2-3-11-24)14-22-20(26)17-13-23-25-12-4-9-21-19(17)25/h4-9,12-13,18H,2-3,10-11,14H2,1H3,(H,22,26)/t18-/m0/s1. The Labute approximate surface area is 152 Å². The number of benzene rings is 1. The van der Waals surface area contributed by atoms with Crippen molar-refractivity contribution in [2.45, 2.75) is 25.8 Å². The van der Waals surface area contributed by atoms with Crippen LogP contribution in [0.5, 0.6) is 0 Å². The molecule has 3 heterocycles. The van der Waals surface area contributed by atoms with E-state index in [-0.39, 0.29) is 11.9 Å². The van der Waals surface area contributed by atoms with E-state index in [9.17, 15) is 4.79 Å². The van der Waals surface area contributed by atoms with Gasteiger partial charge in [-0.2, -0.15) is 5.10 Å². The number of nitrogens with one attached hydrogen (secondary N) is 1. The van der Waals surface area contributed by atoms with Gasteiger partial charge >= 0.3 is 0 Å². The van der Waals surface area contributed by atoms with Crippen molar-refractivity contribution in [3.63, 3.8) is 0 Å². The molecule has 26 heavy (non-hydrogen) atoms. The zero-order chi connectivity index (χ0) is 17.9. The van der Waals surface area contributed by atoms with Crippen molar-refractivity contribution in [1.29, 1.82) is 0 Å². The van der Waals surface area contributed by atoms with E-state index in [4.69, 9.17) is 0 Å². The van der Waals surface area contributed by atoms with Crippen molar-refractivity contribution in [2.75, 3.05) is 19.6 Å². The lowest BCUT2D eigenvalue weighted by molar-refractivity contribution is 0.0939. The smallest absolute Gasteiger partial charge is 0.256 e. The second-order valence-corrected chi connectivity index (χ2v) is 6.83. The highest BCUT2D eigenvalue weighted by molar-refractivity contribution is 5.99. The van der Waals surface area contributed by atoms with Crippen LogP contribution in [-0.4, -0.2) is 45.0 Å². The van der Waals surface area contributed by atoms with Crippen molar-refractivity contribution in [3.8, 4) is 0 Å². The van der Waals surface area contributed by atoms with Gasteiger partial charge in [-0.3, -0.25) is 9.69 Å². The van der Waals surface area contributed by atoms with Gasteiger partial charge in [0.1, 0.15) is 5.56 Å². The van der Waals surface area contributed by atoms with Crippen molar-refractivity contribution in [1.82, 2.24) is 24.8 Å². The molecule has 1 atom stereocenters. The van der Waals surface area contributed by atoms with Crippen LogP contribution >= 0.6 is 0 Å². The number of nitrogens with zero attached hydrogens (tertiary/aromatic N) is 4. The number of hydrogen-bond acceptors (Lipinski definition) is 4. The Morgan fingerprint density at radius 2 is 2.00 bits per heavy atom. The SMILES string of the molecule is Cc1ccc([C@H](CNC(=O)c2cnn3cccnc23)N2CCCC2)cc1. The predicted octanol–water partition coefficient (Wildman–Crippen LogP) is 2.60. The molecule has 3 aromatic rings. The first-order valence-electron chi connectivity index (χ1n) is 9.09. The first-order valence-corrected chi connectivity index (χ1v) is 9.09. The fourth-order valence-electron chi connectivity index (χ4n) is 3.57. The van der Waals surface area contributed by atoms with E-state index >= 15 is 0 Å². The van der Waals surface area contributed by atoms with E-state index in [1.54, 1.807) is 29.2 Å². The van der Waals surface area contributed by atoms with Gasteiger partial charge in [0, 0.05) is 18.9 Å². The van der Waals surface area contributed by atoms with E-state index in [0.717, 1.165) is 13.1 Å². The lowest BCUT2D eigenvalue weighted by Gasteiger charge is -2.28. The van der Waals surface area contributed by atoms with Gasteiger partial charge in [-0.1, -0.05) is 29.8 Å². The number of fused-ring (bicyclic) bond motifs is 1. The number of aromatic nitrogens is 3. The Balaban J connectivity index is 1.52. The van der Waals surface area contributed by atoms with Crippen LogP contribution in [0.2, 0.25) is 0 Å². The molecule has 0 spiro atoms. The molecule has 4 rings (SSSR count). The molecule has 0 radical (unpaired) electrons. The molecule has 1 aromatic carbocycles. The van der Waals surface area contributed by atoms with Crippen LogP contribution in [0.1, 0.15) is 40.4 Å². The average molecular weight is 349 g/mol. The van der Waals surface area contributed by atoms with Gasteiger partial charge in [-0.05, 0) is 44.5 Å². The van der Waals surface area contributed by atoms with Gasteiger partial charge in [0.15, 0.2) is 5.65 Å². The molecule has 134 valence electrons. The largest absolute Gasteiger partial charge is 0.350 e. The van der Waals surface area contributed by atoms with E-state index in [2.05, 4.69) is 51.5 Å². The Kier molecular flexibility index (Phi) is 4.67. The molecular weight excluding hydrogens is 326 g/mol. The van der Waals surface area contributed by atoms with Crippen LogP contribution in [-0.2, 0) is 0 Å². The molecule has 0 aliphatic carbocycles. The summed E-state index contributed by atoms with van der Waals surface area (Å²) in [4.78, 5) is 19.4. The fraction of sp³-hybridized carbons (Fsp3) is 0.350. The first-order chi connectivity index (χ1) is 12.7. The number of rotatable bonds is 5. The molecule has 1 aliphatic heterocycles. The topological polar surface area (TPSA) is 62.5 Å². The number of amides is 1. The number of likely N-dealkylation sites (tertiary alicyclic amines) is 1. The van der Waals surface area contributed by atoms with Crippen LogP contribution in [0.25, 0.3) is 5.65 Å². The molecule has 2 aromatic heterocycles. The minimum absolute atomic E-state index is 0.130. The molecule has 6 heteroatoms. The maximum atomic E-state index is 12.7.